The summed E-state index contributed by atoms with van der Waals surface area (Å²) in [7, 11) is 0. The number of carbonyl (C=O) groups excluding carboxylic acids is 4. The van der Waals surface area contributed by atoms with E-state index >= 15 is 0 Å². The second-order valence-corrected chi connectivity index (χ2v) is 9.17. The van der Waals surface area contributed by atoms with Crippen LogP contribution in [-0.4, -0.2) is 72.9 Å². The lowest BCUT2D eigenvalue weighted by Crippen LogP contribution is -2.58. The Labute approximate surface area is 205 Å². The minimum Gasteiger partial charge on any atom is -0.353 e. The molecule has 2 N–H and O–H groups in total. The van der Waals surface area contributed by atoms with E-state index in [-0.39, 0.29) is 29.8 Å². The summed E-state index contributed by atoms with van der Waals surface area (Å²) in [5.74, 6) is -0.641. The molecule has 0 saturated carbocycles. The average molecular weight is 496 g/mol. The normalized spacial score (nSPS) is 15.7. The highest BCUT2D eigenvalue weighted by molar-refractivity contribution is 7.99. The highest BCUT2D eigenvalue weighted by Crippen LogP contribution is 2.21. The van der Waals surface area contributed by atoms with Gasteiger partial charge < -0.3 is 15.5 Å². The van der Waals surface area contributed by atoms with Crippen LogP contribution in [0.3, 0.4) is 0 Å². The highest BCUT2D eigenvalue weighted by Gasteiger charge is 2.34. The number of nitrogens with zero attached hydrogens (tertiary/aromatic N) is 5. The summed E-state index contributed by atoms with van der Waals surface area (Å²) in [4.78, 5) is 55.4. The van der Waals surface area contributed by atoms with Gasteiger partial charge in [0.1, 0.15) is 6.04 Å². The number of aryl methyl sites for hydroxylation is 2. The van der Waals surface area contributed by atoms with Crippen molar-refractivity contribution in [2.24, 2.45) is 0 Å². The third-order valence-corrected chi connectivity index (χ3v) is 6.51. The lowest BCUT2D eigenvalue weighted by atomic mass is 10.1. The number of hydrogen-bond donors (Lipinski definition) is 2. The molecule has 3 amide bonds. The number of rotatable bonds is 7. The summed E-state index contributed by atoms with van der Waals surface area (Å²) < 4.78 is 1.77. The van der Waals surface area contributed by atoms with Crippen molar-refractivity contribution in [3.63, 3.8) is 0 Å². The van der Waals surface area contributed by atoms with Gasteiger partial charge in [0.25, 0.3) is 5.78 Å². The second-order valence-electron chi connectivity index (χ2n) is 8.23. The van der Waals surface area contributed by atoms with Crippen LogP contribution in [0.1, 0.15) is 35.1 Å². The van der Waals surface area contributed by atoms with Gasteiger partial charge in [0, 0.05) is 35.7 Å². The maximum atomic E-state index is 13.1. The highest BCUT2D eigenvalue weighted by atomic mass is 32.2. The molecule has 3 aromatic rings. The maximum absolute atomic E-state index is 13.1. The van der Waals surface area contributed by atoms with Crippen molar-refractivity contribution in [3.05, 3.63) is 47.3 Å². The van der Waals surface area contributed by atoms with Crippen LogP contribution < -0.4 is 10.6 Å². The number of piperazine rings is 1. The fourth-order valence-electron chi connectivity index (χ4n) is 3.89. The van der Waals surface area contributed by atoms with Gasteiger partial charge in [0.15, 0.2) is 10.9 Å². The largest absolute Gasteiger partial charge is 0.353 e. The molecular weight excluding hydrogens is 470 g/mol. The number of fused-ring (bicyclic) bond motifs is 1. The predicted octanol–water partition coefficient (Wildman–Crippen LogP) is 1.39. The van der Waals surface area contributed by atoms with Crippen LogP contribution in [0.25, 0.3) is 5.78 Å². The number of anilines is 1. The topological polar surface area (TPSA) is 139 Å². The lowest BCUT2D eigenvalue weighted by Gasteiger charge is -2.34. The van der Waals surface area contributed by atoms with Gasteiger partial charge in [0.2, 0.25) is 17.7 Å². The first kappa shape index (κ1) is 24.3. The minimum absolute atomic E-state index is 0.0337. The molecule has 3 heterocycles. The summed E-state index contributed by atoms with van der Waals surface area (Å²) in [5, 5.41) is 14.2. The van der Waals surface area contributed by atoms with Crippen LogP contribution >= 0.6 is 11.8 Å². The van der Waals surface area contributed by atoms with Crippen molar-refractivity contribution >= 4 is 46.7 Å². The molecule has 2 aromatic heterocycles. The second kappa shape index (κ2) is 10.2. The molecule has 11 nitrogen and oxygen atoms in total. The third-order valence-electron chi connectivity index (χ3n) is 5.59. The predicted molar refractivity (Wildman–Crippen MR) is 129 cm³/mol. The van der Waals surface area contributed by atoms with E-state index in [0.29, 0.717) is 35.3 Å². The molecule has 182 valence electrons. The van der Waals surface area contributed by atoms with E-state index in [9.17, 15) is 19.2 Å². The van der Waals surface area contributed by atoms with Gasteiger partial charge in [-0.3, -0.25) is 23.6 Å². The molecule has 1 fully saturated rings. The van der Waals surface area contributed by atoms with Crippen molar-refractivity contribution in [3.8, 4) is 0 Å². The number of hydrogen-bond acceptors (Lipinski definition) is 8. The molecule has 0 aliphatic carbocycles. The molecule has 1 atom stereocenters. The summed E-state index contributed by atoms with van der Waals surface area (Å²) >= 11 is 1.21. The van der Waals surface area contributed by atoms with Crippen LogP contribution in [0.15, 0.2) is 35.5 Å². The Morgan fingerprint density at radius 1 is 1.17 bits per heavy atom. The van der Waals surface area contributed by atoms with E-state index in [1.807, 2.05) is 19.9 Å². The number of benzene rings is 1. The number of nitrogens with one attached hydrogen (secondary N) is 2. The number of thioether (sulfide) groups is 1. The van der Waals surface area contributed by atoms with Crippen LogP contribution in [-0.2, 0) is 14.4 Å². The number of amides is 3. The standard InChI is InChI=1S/C23H25N7O4S/c1-13-10-14(2)30-22(25-13)27-28-23(30)35-12-20(33)29-9-8-24-21(34)18(29)11-19(32)26-17-6-4-16(5-7-17)15(3)31/h4-7,10,18H,8-9,11-12H2,1-3H3,(H,24,34)(H,26,32)/t18-/m0/s1. The van der Waals surface area contributed by atoms with Crippen LogP contribution in [0.4, 0.5) is 5.69 Å². The Balaban J connectivity index is 1.41. The summed E-state index contributed by atoms with van der Waals surface area (Å²) in [6, 6.07) is 7.46. The van der Waals surface area contributed by atoms with E-state index in [1.165, 1.54) is 23.6 Å². The first-order valence-corrected chi connectivity index (χ1v) is 12.0. The van der Waals surface area contributed by atoms with Gasteiger partial charge in [-0.1, -0.05) is 11.8 Å². The van der Waals surface area contributed by atoms with Gasteiger partial charge in [0.05, 0.1) is 12.2 Å². The average Bonchev–Trinajstić information content (AvgIpc) is 3.22. The molecule has 4 rings (SSSR count). The fraction of sp³-hybridized carbons (Fsp3) is 0.348. The van der Waals surface area contributed by atoms with E-state index in [4.69, 9.17) is 0 Å². The van der Waals surface area contributed by atoms with Crippen molar-refractivity contribution in [1.29, 1.82) is 0 Å². The van der Waals surface area contributed by atoms with Crippen LogP contribution in [0, 0.1) is 13.8 Å². The van der Waals surface area contributed by atoms with E-state index < -0.39 is 11.9 Å². The maximum Gasteiger partial charge on any atom is 0.256 e. The monoisotopic (exact) mass is 495 g/mol. The quantitative estimate of drug-likeness (QED) is 0.370. The number of carbonyl (C=O) groups is 4. The molecule has 35 heavy (non-hydrogen) atoms. The van der Waals surface area contributed by atoms with Crippen molar-refractivity contribution in [2.75, 3.05) is 24.2 Å². The Bertz CT molecular complexity index is 1310. The molecule has 1 saturated heterocycles. The molecule has 1 aromatic carbocycles. The van der Waals surface area contributed by atoms with Gasteiger partial charge in [-0.25, -0.2) is 4.98 Å². The molecule has 0 radical (unpaired) electrons. The SMILES string of the molecule is CC(=O)c1ccc(NC(=O)C[C@H]2C(=O)NCCN2C(=O)CSc2nnc3nc(C)cc(C)n23)cc1. The summed E-state index contributed by atoms with van der Waals surface area (Å²) in [5.41, 5.74) is 2.76. The minimum atomic E-state index is -0.922. The molecular formula is C23H25N7O4S. The first-order valence-electron chi connectivity index (χ1n) is 11.0. The van der Waals surface area contributed by atoms with Crippen LogP contribution in [0.2, 0.25) is 0 Å². The van der Waals surface area contributed by atoms with E-state index in [2.05, 4.69) is 25.8 Å². The zero-order valence-electron chi connectivity index (χ0n) is 19.6. The summed E-state index contributed by atoms with van der Waals surface area (Å²) in [6.07, 6.45) is -0.188. The van der Waals surface area contributed by atoms with Crippen molar-refractivity contribution in [2.45, 2.75) is 38.4 Å². The molecule has 1 aliphatic rings. The van der Waals surface area contributed by atoms with Gasteiger partial charge in [-0.2, -0.15) is 0 Å². The molecule has 0 spiro atoms. The Morgan fingerprint density at radius 3 is 2.63 bits per heavy atom. The number of ketones is 1. The number of Topliss-reactive ketones (excluding diaryl/α,β-unsaturated/α-hetero) is 1. The fourth-order valence-corrected chi connectivity index (χ4v) is 4.77. The smallest absolute Gasteiger partial charge is 0.256 e. The number of aromatic nitrogens is 4. The molecule has 0 bridgehead atoms. The van der Waals surface area contributed by atoms with Gasteiger partial charge >= 0.3 is 0 Å². The van der Waals surface area contributed by atoms with E-state index in [1.54, 1.807) is 28.7 Å². The molecule has 12 heteroatoms. The summed E-state index contributed by atoms with van der Waals surface area (Å²) in [6.45, 7) is 5.86. The zero-order chi connectivity index (χ0) is 25.1. The van der Waals surface area contributed by atoms with Crippen LogP contribution in [0.5, 0.6) is 0 Å². The van der Waals surface area contributed by atoms with E-state index in [0.717, 1.165) is 11.4 Å². The zero-order valence-corrected chi connectivity index (χ0v) is 20.4. The Morgan fingerprint density at radius 2 is 1.91 bits per heavy atom. The van der Waals surface area contributed by atoms with Crippen molar-refractivity contribution in [1.82, 2.24) is 29.8 Å². The van der Waals surface area contributed by atoms with Gasteiger partial charge in [-0.15, -0.1) is 10.2 Å². The Hall–Kier alpha value is -3.80. The molecule has 0 unspecified atom stereocenters. The first-order chi connectivity index (χ1) is 16.7. The molecule has 1 aliphatic heterocycles. The van der Waals surface area contributed by atoms with Crippen molar-refractivity contribution < 1.29 is 19.2 Å². The van der Waals surface area contributed by atoms with Gasteiger partial charge in [-0.05, 0) is 51.1 Å². The Kier molecular flexibility index (Phi) is 7.10. The third kappa shape index (κ3) is 5.48. The lowest BCUT2D eigenvalue weighted by molar-refractivity contribution is -0.142.